The summed E-state index contributed by atoms with van der Waals surface area (Å²) in [5.74, 6) is -0.173. The van der Waals surface area contributed by atoms with Crippen molar-refractivity contribution in [2.75, 3.05) is 7.05 Å². The summed E-state index contributed by atoms with van der Waals surface area (Å²) in [6, 6.07) is 9.60. The van der Waals surface area contributed by atoms with Crippen molar-refractivity contribution in [3.63, 3.8) is 0 Å². The van der Waals surface area contributed by atoms with Gasteiger partial charge in [-0.05, 0) is 54.7 Å². The molecule has 3 aromatic rings. The van der Waals surface area contributed by atoms with Crippen LogP contribution in [0.15, 0.2) is 35.7 Å². The van der Waals surface area contributed by atoms with Gasteiger partial charge < -0.3 is 5.32 Å². The van der Waals surface area contributed by atoms with Crippen LogP contribution in [0.5, 0.6) is 0 Å². The van der Waals surface area contributed by atoms with E-state index in [9.17, 15) is 4.39 Å². The van der Waals surface area contributed by atoms with Crippen LogP contribution < -0.4 is 5.32 Å². The third-order valence-corrected chi connectivity index (χ3v) is 5.29. The summed E-state index contributed by atoms with van der Waals surface area (Å²) in [6.07, 6.45) is 0. The van der Waals surface area contributed by atoms with Crippen LogP contribution in [-0.2, 0) is 0 Å². The molecule has 0 aliphatic rings. The van der Waals surface area contributed by atoms with Crippen LogP contribution in [0.3, 0.4) is 0 Å². The highest BCUT2D eigenvalue weighted by Crippen LogP contribution is 2.36. The van der Waals surface area contributed by atoms with E-state index in [0.29, 0.717) is 0 Å². The number of nitrogens with one attached hydrogen (secondary N) is 1. The van der Waals surface area contributed by atoms with Crippen LogP contribution in [0.1, 0.15) is 22.0 Å². The first kappa shape index (κ1) is 12.8. The molecule has 19 heavy (non-hydrogen) atoms. The summed E-state index contributed by atoms with van der Waals surface area (Å²) < 4.78 is 16.2. The SMILES string of the molecule is CNC(c1cc(C)cc(F)c1)c1cc2sccc2s1. The Hall–Kier alpha value is -1.23. The van der Waals surface area contributed by atoms with Gasteiger partial charge >= 0.3 is 0 Å². The maximum atomic E-state index is 13.6. The van der Waals surface area contributed by atoms with Gasteiger partial charge in [0.15, 0.2) is 0 Å². The number of hydrogen-bond acceptors (Lipinski definition) is 3. The van der Waals surface area contributed by atoms with Crippen LogP contribution in [-0.4, -0.2) is 7.05 Å². The summed E-state index contributed by atoms with van der Waals surface area (Å²) in [5.41, 5.74) is 1.93. The Labute approximate surface area is 119 Å². The predicted octanol–water partition coefficient (Wildman–Crippen LogP) is 4.72. The Balaban J connectivity index is 2.06. The number of thiophene rings is 2. The van der Waals surface area contributed by atoms with Crippen molar-refractivity contribution in [2.24, 2.45) is 0 Å². The van der Waals surface area contributed by atoms with Crippen molar-refractivity contribution in [2.45, 2.75) is 13.0 Å². The van der Waals surface area contributed by atoms with E-state index in [2.05, 4.69) is 22.8 Å². The van der Waals surface area contributed by atoms with Gasteiger partial charge in [0.25, 0.3) is 0 Å². The van der Waals surface area contributed by atoms with Gasteiger partial charge in [0.2, 0.25) is 0 Å². The van der Waals surface area contributed by atoms with Crippen molar-refractivity contribution in [3.05, 3.63) is 57.5 Å². The van der Waals surface area contributed by atoms with Gasteiger partial charge in [-0.25, -0.2) is 4.39 Å². The molecule has 1 nitrogen and oxygen atoms in total. The first-order chi connectivity index (χ1) is 9.17. The Morgan fingerprint density at radius 1 is 1.16 bits per heavy atom. The maximum Gasteiger partial charge on any atom is 0.123 e. The van der Waals surface area contributed by atoms with Crippen LogP contribution in [0, 0.1) is 12.7 Å². The highest BCUT2D eigenvalue weighted by Gasteiger charge is 2.16. The quantitative estimate of drug-likeness (QED) is 0.736. The van der Waals surface area contributed by atoms with E-state index in [1.807, 2.05) is 20.0 Å². The standard InChI is InChI=1S/C15H14FNS2/c1-9-5-10(7-11(16)6-9)15(17-2)14-8-13-12(19-14)3-4-18-13/h3-8,15,17H,1-2H3. The average Bonchev–Trinajstić information content (AvgIpc) is 2.89. The predicted molar refractivity (Wildman–Crippen MR) is 81.7 cm³/mol. The molecule has 0 fully saturated rings. The fourth-order valence-corrected chi connectivity index (χ4v) is 4.59. The first-order valence-electron chi connectivity index (χ1n) is 6.08. The summed E-state index contributed by atoms with van der Waals surface area (Å²) in [7, 11) is 1.92. The lowest BCUT2D eigenvalue weighted by Crippen LogP contribution is -2.16. The van der Waals surface area contributed by atoms with Gasteiger partial charge in [0, 0.05) is 14.3 Å². The molecule has 3 rings (SSSR count). The normalized spacial score (nSPS) is 13.0. The third kappa shape index (κ3) is 2.43. The summed E-state index contributed by atoms with van der Waals surface area (Å²) in [6.45, 7) is 1.92. The Kier molecular flexibility index (Phi) is 3.39. The molecule has 2 heterocycles. The summed E-state index contributed by atoms with van der Waals surface area (Å²) in [4.78, 5) is 1.23. The number of aryl methyl sites for hydroxylation is 1. The molecule has 0 bridgehead atoms. The maximum absolute atomic E-state index is 13.6. The average molecular weight is 291 g/mol. The molecule has 4 heteroatoms. The fraction of sp³-hybridized carbons (Fsp3) is 0.200. The van der Waals surface area contributed by atoms with Crippen molar-refractivity contribution in [3.8, 4) is 0 Å². The number of halogens is 1. The molecule has 1 unspecified atom stereocenters. The van der Waals surface area contributed by atoms with Crippen molar-refractivity contribution in [1.82, 2.24) is 5.32 Å². The Morgan fingerprint density at radius 3 is 2.68 bits per heavy atom. The third-order valence-electron chi connectivity index (χ3n) is 3.13. The molecule has 1 N–H and O–H groups in total. The molecule has 0 spiro atoms. The van der Waals surface area contributed by atoms with Crippen LogP contribution in [0.4, 0.5) is 4.39 Å². The molecule has 0 amide bonds. The van der Waals surface area contributed by atoms with Crippen LogP contribution in [0.2, 0.25) is 0 Å². The topological polar surface area (TPSA) is 12.0 Å². The minimum absolute atomic E-state index is 0.0546. The van der Waals surface area contributed by atoms with Gasteiger partial charge in [0.05, 0.1) is 6.04 Å². The monoisotopic (exact) mass is 291 g/mol. The lowest BCUT2D eigenvalue weighted by molar-refractivity contribution is 0.616. The minimum Gasteiger partial charge on any atom is -0.309 e. The number of fused-ring (bicyclic) bond motifs is 1. The second-order valence-corrected chi connectivity index (χ2v) is 6.64. The van der Waals surface area contributed by atoms with E-state index >= 15 is 0 Å². The molecule has 1 aromatic carbocycles. The van der Waals surface area contributed by atoms with Crippen LogP contribution >= 0.6 is 22.7 Å². The molecule has 0 aliphatic carbocycles. The zero-order chi connectivity index (χ0) is 13.4. The molecule has 98 valence electrons. The zero-order valence-corrected chi connectivity index (χ0v) is 12.4. The van der Waals surface area contributed by atoms with Crippen molar-refractivity contribution in [1.29, 1.82) is 0 Å². The smallest absolute Gasteiger partial charge is 0.123 e. The fourth-order valence-electron chi connectivity index (χ4n) is 2.33. The molecular weight excluding hydrogens is 277 g/mol. The van der Waals surface area contributed by atoms with E-state index in [4.69, 9.17) is 0 Å². The highest BCUT2D eigenvalue weighted by molar-refractivity contribution is 7.27. The Bertz CT molecular complexity index is 665. The van der Waals surface area contributed by atoms with Gasteiger partial charge in [-0.3, -0.25) is 0 Å². The largest absolute Gasteiger partial charge is 0.309 e. The Morgan fingerprint density at radius 2 is 2.00 bits per heavy atom. The molecule has 2 aromatic heterocycles. The lowest BCUT2D eigenvalue weighted by Gasteiger charge is -2.15. The highest BCUT2D eigenvalue weighted by atomic mass is 32.1. The number of hydrogen-bond donors (Lipinski definition) is 1. The van der Waals surface area contributed by atoms with Gasteiger partial charge in [-0.2, -0.15) is 0 Å². The van der Waals surface area contributed by atoms with Gasteiger partial charge in [-0.15, -0.1) is 22.7 Å². The molecule has 0 saturated carbocycles. The van der Waals surface area contributed by atoms with Crippen molar-refractivity contribution >= 4 is 32.1 Å². The van der Waals surface area contributed by atoms with Crippen LogP contribution in [0.25, 0.3) is 9.40 Å². The molecular formula is C15H14FNS2. The molecule has 1 atom stereocenters. The van der Waals surface area contributed by atoms with E-state index in [1.54, 1.807) is 34.8 Å². The zero-order valence-electron chi connectivity index (χ0n) is 10.7. The first-order valence-corrected chi connectivity index (χ1v) is 7.78. The number of benzene rings is 1. The van der Waals surface area contributed by atoms with E-state index in [0.717, 1.165) is 11.1 Å². The molecule has 0 aliphatic heterocycles. The minimum atomic E-state index is -0.173. The summed E-state index contributed by atoms with van der Waals surface area (Å²) in [5, 5.41) is 5.39. The molecule has 0 saturated heterocycles. The van der Waals surface area contributed by atoms with E-state index in [-0.39, 0.29) is 11.9 Å². The molecule has 0 radical (unpaired) electrons. The summed E-state index contributed by atoms with van der Waals surface area (Å²) >= 11 is 3.51. The second kappa shape index (κ2) is 5.04. The van der Waals surface area contributed by atoms with Gasteiger partial charge in [0.1, 0.15) is 5.82 Å². The second-order valence-electron chi connectivity index (χ2n) is 4.58. The van der Waals surface area contributed by atoms with E-state index < -0.39 is 0 Å². The van der Waals surface area contributed by atoms with Crippen molar-refractivity contribution < 1.29 is 4.39 Å². The lowest BCUT2D eigenvalue weighted by atomic mass is 10.0. The number of rotatable bonds is 3. The van der Waals surface area contributed by atoms with Gasteiger partial charge in [-0.1, -0.05) is 6.07 Å². The van der Waals surface area contributed by atoms with E-state index in [1.165, 1.54) is 14.3 Å².